The summed E-state index contributed by atoms with van der Waals surface area (Å²) in [5.41, 5.74) is -2.59. The van der Waals surface area contributed by atoms with E-state index in [0.29, 0.717) is 12.8 Å². The molecule has 4 aliphatic carbocycles. The van der Waals surface area contributed by atoms with Gasteiger partial charge in [0, 0.05) is 23.7 Å². The molecule has 8 atom stereocenters. The number of hydrogen-bond donors (Lipinski definition) is 3. The van der Waals surface area contributed by atoms with Crippen molar-refractivity contribution in [3.63, 3.8) is 0 Å². The number of aliphatic hydroxyl groups is 3. The highest BCUT2D eigenvalue weighted by molar-refractivity contribution is 6.01. The zero-order valence-electron chi connectivity index (χ0n) is 17.6. The molecular weight excluding hydrogens is 388 g/mol. The predicted octanol–water partition coefficient (Wildman–Crippen LogP) is 1.10. The van der Waals surface area contributed by atoms with E-state index in [2.05, 4.69) is 0 Å². The molecule has 0 saturated heterocycles. The first-order valence-electron chi connectivity index (χ1n) is 10.6. The van der Waals surface area contributed by atoms with Crippen LogP contribution in [0.1, 0.15) is 46.5 Å². The lowest BCUT2D eigenvalue weighted by atomic mass is 9.46. The molecule has 0 aliphatic heterocycles. The fourth-order valence-corrected chi connectivity index (χ4v) is 7.12. The maximum Gasteiger partial charge on any atom is 0.303 e. The lowest BCUT2D eigenvalue weighted by molar-refractivity contribution is -0.192. The number of rotatable bonds is 3. The molecule has 0 amide bonds. The van der Waals surface area contributed by atoms with E-state index in [1.165, 1.54) is 6.92 Å². The largest absolute Gasteiger partial charge is 0.458 e. The third-order valence-electron chi connectivity index (χ3n) is 8.55. The van der Waals surface area contributed by atoms with Crippen molar-refractivity contribution in [2.24, 2.45) is 28.6 Å². The van der Waals surface area contributed by atoms with Crippen molar-refractivity contribution in [1.82, 2.24) is 0 Å². The van der Waals surface area contributed by atoms with Crippen molar-refractivity contribution in [3.8, 4) is 0 Å². The molecule has 0 heterocycles. The van der Waals surface area contributed by atoms with E-state index in [1.807, 2.05) is 13.0 Å². The van der Waals surface area contributed by atoms with Gasteiger partial charge in [-0.25, -0.2) is 0 Å². The van der Waals surface area contributed by atoms with Gasteiger partial charge in [-0.2, -0.15) is 0 Å². The van der Waals surface area contributed by atoms with E-state index >= 15 is 0 Å². The molecule has 4 unspecified atom stereocenters. The van der Waals surface area contributed by atoms with Gasteiger partial charge in [0.1, 0.15) is 0 Å². The number of Topliss-reactive ketones (excluding diaryl/α,β-unsaturated/α-hetero) is 1. The summed E-state index contributed by atoms with van der Waals surface area (Å²) >= 11 is 0. The Hall–Kier alpha value is -1.83. The summed E-state index contributed by atoms with van der Waals surface area (Å²) < 4.78 is 4.81. The van der Waals surface area contributed by atoms with Crippen LogP contribution in [0.4, 0.5) is 0 Å². The van der Waals surface area contributed by atoms with Crippen LogP contribution in [0.25, 0.3) is 0 Å². The zero-order chi connectivity index (χ0) is 22.1. The smallest absolute Gasteiger partial charge is 0.303 e. The molecule has 3 saturated carbocycles. The Bertz CT molecular complexity index is 860. The van der Waals surface area contributed by atoms with Crippen molar-refractivity contribution >= 4 is 17.5 Å². The second kappa shape index (κ2) is 6.84. The molecule has 0 spiro atoms. The molecular formula is C23H30O7. The van der Waals surface area contributed by atoms with Gasteiger partial charge in [0.2, 0.25) is 5.78 Å². The fraction of sp³-hybridized carbons (Fsp3) is 0.696. The topological polar surface area (TPSA) is 121 Å². The number of hydrogen-bond acceptors (Lipinski definition) is 7. The molecule has 0 bridgehead atoms. The first kappa shape index (κ1) is 21.4. The molecule has 3 N–H and O–H groups in total. The van der Waals surface area contributed by atoms with Crippen LogP contribution >= 0.6 is 0 Å². The number of allylic oxidation sites excluding steroid dienone is 4. The number of aliphatic hydroxyl groups excluding tert-OH is 2. The van der Waals surface area contributed by atoms with Gasteiger partial charge in [-0.15, -0.1) is 0 Å². The van der Waals surface area contributed by atoms with Crippen LogP contribution in [0.5, 0.6) is 0 Å². The Morgan fingerprint density at radius 2 is 1.97 bits per heavy atom. The number of carbonyl (C=O) groups is 3. The van der Waals surface area contributed by atoms with Crippen molar-refractivity contribution < 1.29 is 34.4 Å². The van der Waals surface area contributed by atoms with Gasteiger partial charge in [-0.3, -0.25) is 14.4 Å². The fourth-order valence-electron chi connectivity index (χ4n) is 7.12. The van der Waals surface area contributed by atoms with Gasteiger partial charge in [0.25, 0.3) is 0 Å². The predicted molar refractivity (Wildman–Crippen MR) is 106 cm³/mol. The quantitative estimate of drug-likeness (QED) is 0.587. The van der Waals surface area contributed by atoms with E-state index < -0.39 is 47.0 Å². The molecule has 0 aromatic heterocycles. The van der Waals surface area contributed by atoms with E-state index in [9.17, 15) is 29.7 Å². The second-order valence-corrected chi connectivity index (χ2v) is 9.93. The molecule has 0 aromatic carbocycles. The molecule has 0 aromatic rings. The average Bonchev–Trinajstić information content (AvgIpc) is 2.87. The SMILES string of the molecule is CC(=O)OCC(=O)[C@@]1(O)[C@H](O)CC2C3CCC4=CC(=O)C=C[C@]4(C)C3[C@@H](O)CC21C. The number of carbonyl (C=O) groups excluding carboxylic acids is 3. The summed E-state index contributed by atoms with van der Waals surface area (Å²) in [6.45, 7) is 4.36. The third-order valence-corrected chi connectivity index (χ3v) is 8.55. The minimum Gasteiger partial charge on any atom is -0.458 e. The minimum absolute atomic E-state index is 0.0241. The van der Waals surface area contributed by atoms with Gasteiger partial charge in [-0.05, 0) is 49.7 Å². The summed E-state index contributed by atoms with van der Waals surface area (Å²) in [4.78, 5) is 35.9. The molecule has 0 radical (unpaired) electrons. The molecule has 3 fully saturated rings. The van der Waals surface area contributed by atoms with E-state index in [0.717, 1.165) is 5.57 Å². The van der Waals surface area contributed by atoms with Gasteiger partial charge in [0.05, 0.1) is 12.2 Å². The van der Waals surface area contributed by atoms with Crippen LogP contribution < -0.4 is 0 Å². The molecule has 164 valence electrons. The number of ether oxygens (including phenoxy) is 1. The number of ketones is 2. The number of esters is 1. The van der Waals surface area contributed by atoms with Crippen LogP contribution in [0, 0.1) is 28.6 Å². The van der Waals surface area contributed by atoms with Gasteiger partial charge >= 0.3 is 5.97 Å². The Morgan fingerprint density at radius 3 is 2.63 bits per heavy atom. The van der Waals surface area contributed by atoms with Crippen LogP contribution in [-0.2, 0) is 19.1 Å². The van der Waals surface area contributed by atoms with Crippen molar-refractivity contribution in [2.75, 3.05) is 6.61 Å². The van der Waals surface area contributed by atoms with E-state index in [-0.39, 0.29) is 36.4 Å². The number of fused-ring (bicyclic) bond motifs is 5. The summed E-state index contributed by atoms with van der Waals surface area (Å²) in [6.07, 6.45) is 4.78. The van der Waals surface area contributed by atoms with Gasteiger partial charge < -0.3 is 20.1 Å². The maximum atomic E-state index is 12.9. The summed E-state index contributed by atoms with van der Waals surface area (Å²) in [5.74, 6) is -1.79. The maximum absolute atomic E-state index is 12.9. The highest BCUT2D eigenvalue weighted by Gasteiger charge is 2.71. The average molecular weight is 418 g/mol. The Labute approximate surface area is 175 Å². The standard InChI is InChI=1S/C23H30O7/c1-12(24)30-11-19(28)23(29)18(27)9-16-15-5-4-13-8-14(25)6-7-21(13,2)20(15)17(26)10-22(16,23)3/h6-8,15-18,20,26-27,29H,4-5,9-11H2,1-3H3/t15?,16?,17-,18+,20?,21-,22?,23-/m0/s1. The summed E-state index contributed by atoms with van der Waals surface area (Å²) in [7, 11) is 0. The molecule has 30 heavy (non-hydrogen) atoms. The van der Waals surface area contributed by atoms with E-state index in [4.69, 9.17) is 4.74 Å². The lowest BCUT2D eigenvalue weighted by Crippen LogP contribution is -2.63. The van der Waals surface area contributed by atoms with Crippen molar-refractivity contribution in [2.45, 2.75) is 64.3 Å². The molecule has 4 rings (SSSR count). The Balaban J connectivity index is 1.70. The zero-order valence-corrected chi connectivity index (χ0v) is 17.6. The monoisotopic (exact) mass is 418 g/mol. The van der Waals surface area contributed by atoms with Gasteiger partial charge in [0.15, 0.2) is 18.0 Å². The van der Waals surface area contributed by atoms with Crippen LogP contribution in [0.3, 0.4) is 0 Å². The Kier molecular flexibility index (Phi) is 4.88. The second-order valence-electron chi connectivity index (χ2n) is 9.93. The van der Waals surface area contributed by atoms with E-state index in [1.54, 1.807) is 19.1 Å². The first-order valence-corrected chi connectivity index (χ1v) is 10.6. The highest BCUT2D eigenvalue weighted by atomic mass is 16.5. The lowest BCUT2D eigenvalue weighted by Gasteiger charge is -2.59. The third kappa shape index (κ3) is 2.71. The summed E-state index contributed by atoms with van der Waals surface area (Å²) in [5, 5.41) is 33.6. The van der Waals surface area contributed by atoms with Crippen LogP contribution in [0.15, 0.2) is 23.8 Å². The first-order chi connectivity index (χ1) is 13.9. The normalized spacial score (nSPS) is 47.1. The highest BCUT2D eigenvalue weighted by Crippen LogP contribution is 2.67. The molecule has 7 nitrogen and oxygen atoms in total. The van der Waals surface area contributed by atoms with Gasteiger partial charge in [-0.1, -0.05) is 25.5 Å². The van der Waals surface area contributed by atoms with Crippen LogP contribution in [0.2, 0.25) is 0 Å². The van der Waals surface area contributed by atoms with Crippen LogP contribution in [-0.4, -0.2) is 57.3 Å². The molecule has 4 aliphatic rings. The minimum atomic E-state index is -2.09. The Morgan fingerprint density at radius 1 is 1.27 bits per heavy atom. The summed E-state index contributed by atoms with van der Waals surface area (Å²) in [6, 6.07) is 0. The molecule has 7 heteroatoms. The van der Waals surface area contributed by atoms with Crippen molar-refractivity contribution in [1.29, 1.82) is 0 Å². The van der Waals surface area contributed by atoms with Crippen molar-refractivity contribution in [3.05, 3.63) is 23.8 Å².